The molecular weight excluding hydrogens is 1770 g/mol. The maximum absolute atomic E-state index is 5.35. The van der Waals surface area contributed by atoms with Crippen LogP contribution in [0.15, 0.2) is 473 Å². The van der Waals surface area contributed by atoms with Gasteiger partial charge in [-0.1, -0.05) is 291 Å². The maximum atomic E-state index is 5.35. The van der Waals surface area contributed by atoms with E-state index in [1.807, 2.05) is 97.3 Å². The van der Waals surface area contributed by atoms with Gasteiger partial charge in [0.15, 0.2) is 17.5 Å². The summed E-state index contributed by atoms with van der Waals surface area (Å²) in [6, 6.07) is 162. The van der Waals surface area contributed by atoms with Gasteiger partial charge in [-0.2, -0.15) is 0 Å². The lowest BCUT2D eigenvalue weighted by Crippen LogP contribution is -2.09. The molecule has 145 heavy (non-hydrogen) atoms. The predicted octanol–water partition coefficient (Wildman–Crippen LogP) is 31.8. The second-order valence-corrected chi connectivity index (χ2v) is 37.1. The van der Waals surface area contributed by atoms with E-state index in [9.17, 15) is 0 Å². The highest BCUT2D eigenvalue weighted by Gasteiger charge is 2.32. The number of nitrogens with zero attached hydrogens (tertiary/aromatic N) is 16. The highest BCUT2D eigenvalue weighted by Crippen LogP contribution is 2.51. The maximum Gasteiger partial charge on any atom is 0.235 e. The molecule has 0 aliphatic heterocycles. The van der Waals surface area contributed by atoms with Crippen molar-refractivity contribution in [3.63, 3.8) is 0 Å². The van der Waals surface area contributed by atoms with Crippen LogP contribution < -0.4 is 4.90 Å². The van der Waals surface area contributed by atoms with E-state index in [0.29, 0.717) is 5.95 Å². The van der Waals surface area contributed by atoms with Crippen LogP contribution in [0.3, 0.4) is 0 Å². The van der Waals surface area contributed by atoms with Gasteiger partial charge in [-0.15, -0.1) is 0 Å². The molecule has 16 heteroatoms. The van der Waals surface area contributed by atoms with Gasteiger partial charge in [0.05, 0.1) is 105 Å². The summed E-state index contributed by atoms with van der Waals surface area (Å²) in [5.41, 5.74) is 32.1. The van der Waals surface area contributed by atoms with Crippen LogP contribution in [0, 0.1) is 0 Å². The first-order valence-electron chi connectivity index (χ1n) is 48.8. The van der Waals surface area contributed by atoms with Gasteiger partial charge >= 0.3 is 0 Å². The SMILES string of the molecule is c1ccc(-c2nc(-n3c4cccc5c6ccccc6n6c(-c7ccccn7)nc7ccc3c(c54)c76)nc3ccccc23)cc1.c1ccc(-c2nc3ccc4c5c6c(cccc6n4-c4ccc(-c6ccc(N(c7ccccc7)c7ccccc7)cc6)cc4)c4cc6ccccc6cc4n2c35)cc1.c1ccc(-c2nc3ccccc3nc2-n2c3cccc4c5ccccc5n5c(-c6ccccn6)nc6ccc2c(c43)c65)cc1. The Morgan fingerprint density at radius 3 is 1.12 bits per heavy atom. The molecule has 13 aromatic heterocycles. The van der Waals surface area contributed by atoms with Crippen LogP contribution >= 0.6 is 0 Å². The first-order valence-corrected chi connectivity index (χ1v) is 48.8. The molecule has 32 rings (SSSR count). The van der Waals surface area contributed by atoms with Crippen LogP contribution in [0.25, 0.3) is 266 Å². The molecule has 0 atom stereocenters. The summed E-state index contributed by atoms with van der Waals surface area (Å²) in [6.45, 7) is 0. The molecule has 674 valence electrons. The monoisotopic (exact) mass is 1850 g/mol. The first kappa shape index (κ1) is 81.1. The van der Waals surface area contributed by atoms with E-state index in [4.69, 9.17) is 44.9 Å². The van der Waals surface area contributed by atoms with Crippen LogP contribution in [0.1, 0.15) is 0 Å². The fraction of sp³-hybridized carbons (Fsp3) is 0. The lowest BCUT2D eigenvalue weighted by atomic mass is 10.0. The first-order chi connectivity index (χ1) is 72.0. The highest BCUT2D eigenvalue weighted by molar-refractivity contribution is 6.34. The largest absolute Gasteiger partial charge is 0.311 e. The van der Waals surface area contributed by atoms with Crippen molar-refractivity contribution in [3.8, 4) is 85.5 Å². The molecule has 13 heterocycles. The van der Waals surface area contributed by atoms with Crippen molar-refractivity contribution in [1.29, 1.82) is 0 Å². The standard InChI is InChI=1S/C53H34N4.2C38H22N6/c1-4-13-37(14-5-1)53-54-46-31-32-48-51-50-44(45-33-38-15-10-11-16-39(38)34-49(45)57(53)52(46)51)21-12-22-47(50)56(48)43-29-25-36(26-30-43)35-23-27-42(28-24-35)55(40-17-6-2-7-18-40)41-19-8-3-9-20-41;1-2-11-23(12-3-1)35-38(41-27-16-6-5-15-26(27)40-35)43-31-19-10-14-25-24-13-4-7-18-30(24)44-36-28(20-21-32(43)34(36)33(25)31)42-37(44)29-17-8-9-22-39-29;1-2-11-23(12-3-1)35-26-14-4-6-16-27(26)41-38(42-35)43-31-19-10-15-25-24-13-5-7-18-30(24)44-36-28(20-21-32(43)34(36)33(25)31)40-37(44)29-17-8-9-22-39-29/h1-34H;2*1-22H. The summed E-state index contributed by atoms with van der Waals surface area (Å²) in [5.74, 6) is 4.04. The van der Waals surface area contributed by atoms with Gasteiger partial charge in [0.1, 0.15) is 22.9 Å². The summed E-state index contributed by atoms with van der Waals surface area (Å²) in [6.07, 6.45) is 3.65. The number of para-hydroxylation sites is 7. The van der Waals surface area contributed by atoms with Crippen molar-refractivity contribution in [3.05, 3.63) is 473 Å². The van der Waals surface area contributed by atoms with Gasteiger partial charge < -0.3 is 9.47 Å². The molecule has 0 saturated heterocycles. The number of hydrogen-bond acceptors (Lipinski definition) is 10. The van der Waals surface area contributed by atoms with E-state index < -0.39 is 0 Å². The second kappa shape index (κ2) is 32.3. The molecule has 0 spiro atoms. The average molecular weight is 1850 g/mol. The number of imidazole rings is 3. The lowest BCUT2D eigenvalue weighted by Gasteiger charge is -2.25. The number of anilines is 3. The van der Waals surface area contributed by atoms with Crippen LogP contribution in [0.5, 0.6) is 0 Å². The summed E-state index contributed by atoms with van der Waals surface area (Å²) in [4.78, 5) is 48.4. The minimum atomic E-state index is 0.643. The number of benzene rings is 19. The van der Waals surface area contributed by atoms with E-state index in [1.165, 1.54) is 76.0 Å². The number of pyridine rings is 2. The van der Waals surface area contributed by atoms with Crippen molar-refractivity contribution >= 4 is 197 Å². The lowest BCUT2D eigenvalue weighted by molar-refractivity contribution is 1.01. The third kappa shape index (κ3) is 12.5. The van der Waals surface area contributed by atoms with Crippen LogP contribution in [-0.2, 0) is 0 Å². The minimum Gasteiger partial charge on any atom is -0.311 e. The Bertz CT molecular complexity index is 10700. The molecular formula is C129H78N16. The quantitative estimate of drug-likeness (QED) is 0.116. The van der Waals surface area contributed by atoms with Gasteiger partial charge in [0.2, 0.25) is 5.95 Å². The molecule has 0 radical (unpaired) electrons. The molecule has 16 nitrogen and oxygen atoms in total. The van der Waals surface area contributed by atoms with Crippen LogP contribution in [0.4, 0.5) is 17.1 Å². The third-order valence-corrected chi connectivity index (χ3v) is 29.1. The van der Waals surface area contributed by atoms with Crippen molar-refractivity contribution in [2.24, 2.45) is 0 Å². The Labute approximate surface area is 827 Å². The summed E-state index contributed by atoms with van der Waals surface area (Å²) >= 11 is 0. The summed E-state index contributed by atoms with van der Waals surface area (Å²) in [5, 5.41) is 17.7. The average Bonchev–Trinajstić information content (AvgIpc) is 1.53. The Balaban J connectivity index is 0.000000102. The van der Waals surface area contributed by atoms with Gasteiger partial charge in [0.25, 0.3) is 0 Å². The van der Waals surface area contributed by atoms with Crippen molar-refractivity contribution in [2.75, 3.05) is 4.90 Å². The molecule has 0 aliphatic carbocycles. The molecule has 19 aromatic carbocycles. The fourth-order valence-corrected chi connectivity index (χ4v) is 22.9. The van der Waals surface area contributed by atoms with E-state index in [2.05, 4.69) is 408 Å². The fourth-order valence-electron chi connectivity index (χ4n) is 22.9. The molecule has 0 fully saturated rings. The normalized spacial score (nSPS) is 12.0. The molecule has 32 aromatic rings. The topological polar surface area (TPSA) is 147 Å². The number of aromatic nitrogens is 15. The number of rotatable bonds is 12. The predicted molar refractivity (Wildman–Crippen MR) is 594 cm³/mol. The van der Waals surface area contributed by atoms with Crippen molar-refractivity contribution in [2.45, 2.75) is 0 Å². The Kier molecular flexibility index (Phi) is 18.1. The zero-order valence-corrected chi connectivity index (χ0v) is 77.7. The smallest absolute Gasteiger partial charge is 0.235 e. The van der Waals surface area contributed by atoms with Gasteiger partial charge in [-0.05, 0) is 208 Å². The van der Waals surface area contributed by atoms with Crippen LogP contribution in [-0.4, -0.2) is 71.8 Å². The van der Waals surface area contributed by atoms with Gasteiger partial charge in [-0.25, -0.2) is 34.9 Å². The molecule has 0 saturated carbocycles. The van der Waals surface area contributed by atoms with E-state index >= 15 is 0 Å². The Morgan fingerprint density at radius 1 is 0.193 bits per heavy atom. The summed E-state index contributed by atoms with van der Waals surface area (Å²) in [7, 11) is 0. The number of hydrogen-bond donors (Lipinski definition) is 0. The Morgan fingerprint density at radius 2 is 0.579 bits per heavy atom. The molecule has 0 amide bonds. The van der Waals surface area contributed by atoms with Crippen molar-refractivity contribution in [1.82, 2.24) is 71.8 Å². The minimum absolute atomic E-state index is 0.643. The van der Waals surface area contributed by atoms with Gasteiger partial charge in [0, 0.05) is 106 Å². The third-order valence-electron chi connectivity index (χ3n) is 29.1. The van der Waals surface area contributed by atoms with E-state index in [-0.39, 0.29) is 0 Å². The van der Waals surface area contributed by atoms with Crippen LogP contribution in [0.2, 0.25) is 0 Å². The van der Waals surface area contributed by atoms with Gasteiger partial charge in [-0.3, -0.25) is 32.3 Å². The number of fused-ring (bicyclic) bond motifs is 12. The summed E-state index contributed by atoms with van der Waals surface area (Å²) < 4.78 is 13.9. The Hall–Kier alpha value is -20.0. The molecule has 0 N–H and O–H groups in total. The zero-order chi connectivity index (χ0) is 95.0. The molecule has 0 bridgehead atoms. The second-order valence-electron chi connectivity index (χ2n) is 37.1. The van der Waals surface area contributed by atoms with Crippen molar-refractivity contribution < 1.29 is 0 Å². The highest BCUT2D eigenvalue weighted by atomic mass is 15.2. The molecule has 0 unspecified atom stereocenters. The van der Waals surface area contributed by atoms with E-state index in [1.54, 1.807) is 0 Å². The molecule has 0 aliphatic rings. The zero-order valence-electron chi connectivity index (χ0n) is 77.7. The van der Waals surface area contributed by atoms with E-state index in [0.717, 1.165) is 201 Å².